The van der Waals surface area contributed by atoms with Crippen LogP contribution >= 0.6 is 0 Å². The van der Waals surface area contributed by atoms with Crippen molar-refractivity contribution in [3.63, 3.8) is 0 Å². The van der Waals surface area contributed by atoms with Crippen molar-refractivity contribution < 1.29 is 9.53 Å². The van der Waals surface area contributed by atoms with Gasteiger partial charge in [0.05, 0.1) is 6.61 Å². The normalized spacial score (nSPS) is 17.8. The van der Waals surface area contributed by atoms with Crippen LogP contribution in [0.1, 0.15) is 32.6 Å². The van der Waals surface area contributed by atoms with Crippen LogP contribution in [0.15, 0.2) is 36.0 Å². The summed E-state index contributed by atoms with van der Waals surface area (Å²) in [6.07, 6.45) is 5.57. The average molecular weight is 245 g/mol. The zero-order valence-electron chi connectivity index (χ0n) is 10.7. The van der Waals surface area contributed by atoms with Gasteiger partial charge in [-0.1, -0.05) is 0 Å². The first-order chi connectivity index (χ1) is 8.79. The first-order valence-corrected chi connectivity index (χ1v) is 6.51. The minimum atomic E-state index is 0.277. The molecule has 1 N–H and O–H groups in total. The second-order valence-electron chi connectivity index (χ2n) is 4.40. The monoisotopic (exact) mass is 245 g/mol. The summed E-state index contributed by atoms with van der Waals surface area (Å²) >= 11 is 0. The number of allylic oxidation sites excluding steroid dienone is 1. The summed E-state index contributed by atoms with van der Waals surface area (Å²) in [5.74, 6) is 1.14. The number of anilines is 1. The third-order valence-corrected chi connectivity index (χ3v) is 3.04. The van der Waals surface area contributed by atoms with Crippen LogP contribution in [0.3, 0.4) is 0 Å². The Bertz CT molecular complexity index is 434. The summed E-state index contributed by atoms with van der Waals surface area (Å²) in [7, 11) is 0. The van der Waals surface area contributed by atoms with Crippen LogP contribution in [0.2, 0.25) is 0 Å². The van der Waals surface area contributed by atoms with Gasteiger partial charge in [0.1, 0.15) is 5.75 Å². The van der Waals surface area contributed by atoms with Gasteiger partial charge < -0.3 is 10.1 Å². The summed E-state index contributed by atoms with van der Waals surface area (Å²) in [6, 6.07) is 7.75. The summed E-state index contributed by atoms with van der Waals surface area (Å²) in [5, 5.41) is 3.18. The Morgan fingerprint density at radius 1 is 1.22 bits per heavy atom. The molecule has 3 heteroatoms. The van der Waals surface area contributed by atoms with Crippen LogP contribution in [0.4, 0.5) is 5.69 Å². The Morgan fingerprint density at radius 3 is 2.61 bits per heavy atom. The molecule has 0 aliphatic heterocycles. The number of nitrogens with one attached hydrogen (secondary N) is 1. The van der Waals surface area contributed by atoms with Crippen LogP contribution in [0.5, 0.6) is 5.75 Å². The predicted octanol–water partition coefficient (Wildman–Crippen LogP) is 3.52. The fourth-order valence-corrected chi connectivity index (χ4v) is 2.04. The molecule has 0 saturated heterocycles. The maximum Gasteiger partial charge on any atom is 0.160 e. The molecule has 1 aliphatic rings. The van der Waals surface area contributed by atoms with Crippen molar-refractivity contribution >= 4 is 11.5 Å². The number of carbonyl (C=O) groups is 1. The largest absolute Gasteiger partial charge is 0.494 e. The molecule has 1 fully saturated rings. The lowest BCUT2D eigenvalue weighted by Crippen LogP contribution is -2.09. The van der Waals surface area contributed by atoms with E-state index in [4.69, 9.17) is 4.74 Å². The fraction of sp³-hybridized carbons (Fsp3) is 0.400. The van der Waals surface area contributed by atoms with Gasteiger partial charge in [0.15, 0.2) is 5.78 Å². The first kappa shape index (κ1) is 12.7. The van der Waals surface area contributed by atoms with Crippen LogP contribution in [-0.4, -0.2) is 12.4 Å². The van der Waals surface area contributed by atoms with Gasteiger partial charge in [0.25, 0.3) is 0 Å². The highest BCUT2D eigenvalue weighted by Crippen LogP contribution is 2.21. The molecular formula is C15H19NO2. The molecule has 0 bridgehead atoms. The third-order valence-electron chi connectivity index (χ3n) is 3.04. The lowest BCUT2D eigenvalue weighted by atomic mass is 9.94. The number of hydrogen-bond donors (Lipinski definition) is 1. The van der Waals surface area contributed by atoms with Gasteiger partial charge in [-0.25, -0.2) is 0 Å². The van der Waals surface area contributed by atoms with E-state index in [2.05, 4.69) is 5.32 Å². The molecule has 3 nitrogen and oxygen atoms in total. The number of Topliss-reactive ketones (excluding diaryl/α,β-unsaturated/α-hetero) is 1. The molecule has 1 aromatic rings. The van der Waals surface area contributed by atoms with E-state index < -0.39 is 0 Å². The van der Waals surface area contributed by atoms with Crippen molar-refractivity contribution in [1.82, 2.24) is 0 Å². The van der Waals surface area contributed by atoms with E-state index in [9.17, 15) is 4.79 Å². The maximum absolute atomic E-state index is 11.6. The molecule has 96 valence electrons. The molecule has 2 rings (SSSR count). The first-order valence-electron chi connectivity index (χ1n) is 6.51. The standard InChI is InChI=1S/C15H19NO2/c1-2-18-14-9-7-13(8-10-14)16-11-12-5-3-4-6-15(12)17/h7-11,16H,2-6H2,1H3. The highest BCUT2D eigenvalue weighted by Gasteiger charge is 2.14. The number of ketones is 1. The topological polar surface area (TPSA) is 38.3 Å². The second-order valence-corrected chi connectivity index (χ2v) is 4.40. The third kappa shape index (κ3) is 3.36. The summed E-state index contributed by atoms with van der Waals surface area (Å²) in [4.78, 5) is 11.6. The Balaban J connectivity index is 1.96. The summed E-state index contributed by atoms with van der Waals surface area (Å²) in [6.45, 7) is 2.64. The molecule has 0 spiro atoms. The second kappa shape index (κ2) is 6.24. The lowest BCUT2D eigenvalue weighted by molar-refractivity contribution is -0.116. The van der Waals surface area contributed by atoms with Gasteiger partial charge in [-0.05, 0) is 50.5 Å². The van der Waals surface area contributed by atoms with Crippen molar-refractivity contribution in [3.8, 4) is 5.75 Å². The minimum Gasteiger partial charge on any atom is -0.494 e. The number of carbonyl (C=O) groups excluding carboxylic acids is 1. The molecule has 0 aromatic heterocycles. The summed E-state index contributed by atoms with van der Waals surface area (Å²) < 4.78 is 5.38. The summed E-state index contributed by atoms with van der Waals surface area (Å²) in [5.41, 5.74) is 1.89. The molecule has 0 unspecified atom stereocenters. The SMILES string of the molecule is CCOc1ccc(NC=C2CCCCC2=O)cc1. The number of rotatable bonds is 4. The van der Waals surface area contributed by atoms with Crippen molar-refractivity contribution in [2.75, 3.05) is 11.9 Å². The van der Waals surface area contributed by atoms with Crippen LogP contribution < -0.4 is 10.1 Å². The Hall–Kier alpha value is -1.77. The van der Waals surface area contributed by atoms with Gasteiger partial charge in [-0.3, -0.25) is 4.79 Å². The number of hydrogen-bond acceptors (Lipinski definition) is 3. The van der Waals surface area contributed by atoms with E-state index in [0.717, 1.165) is 36.3 Å². The molecule has 18 heavy (non-hydrogen) atoms. The molecule has 0 heterocycles. The Morgan fingerprint density at radius 2 is 1.94 bits per heavy atom. The number of benzene rings is 1. The highest BCUT2D eigenvalue weighted by molar-refractivity contribution is 5.96. The average Bonchev–Trinajstić information content (AvgIpc) is 2.40. The molecule has 0 radical (unpaired) electrons. The maximum atomic E-state index is 11.6. The number of ether oxygens (including phenoxy) is 1. The molecule has 1 aliphatic carbocycles. The molecule has 1 aromatic carbocycles. The lowest BCUT2D eigenvalue weighted by Gasteiger charge is -2.13. The van der Waals surface area contributed by atoms with E-state index in [1.54, 1.807) is 0 Å². The molecule has 1 saturated carbocycles. The van der Waals surface area contributed by atoms with Gasteiger partial charge in [0, 0.05) is 23.9 Å². The van der Waals surface area contributed by atoms with E-state index in [1.807, 2.05) is 37.4 Å². The smallest absolute Gasteiger partial charge is 0.160 e. The predicted molar refractivity (Wildman–Crippen MR) is 72.8 cm³/mol. The van der Waals surface area contributed by atoms with E-state index in [-0.39, 0.29) is 5.78 Å². The highest BCUT2D eigenvalue weighted by atomic mass is 16.5. The quantitative estimate of drug-likeness (QED) is 0.825. The van der Waals surface area contributed by atoms with Crippen molar-refractivity contribution in [2.24, 2.45) is 0 Å². The molecular weight excluding hydrogens is 226 g/mol. The fourth-order valence-electron chi connectivity index (χ4n) is 2.04. The zero-order chi connectivity index (χ0) is 12.8. The zero-order valence-corrected chi connectivity index (χ0v) is 10.7. The van der Waals surface area contributed by atoms with Crippen molar-refractivity contribution in [2.45, 2.75) is 32.6 Å². The van der Waals surface area contributed by atoms with Gasteiger partial charge >= 0.3 is 0 Å². The van der Waals surface area contributed by atoms with E-state index >= 15 is 0 Å². The van der Waals surface area contributed by atoms with Crippen molar-refractivity contribution in [3.05, 3.63) is 36.0 Å². The van der Waals surface area contributed by atoms with E-state index in [0.29, 0.717) is 13.0 Å². The molecule has 0 atom stereocenters. The Kier molecular flexibility index (Phi) is 4.40. The van der Waals surface area contributed by atoms with Gasteiger partial charge in [0.2, 0.25) is 0 Å². The molecule has 0 amide bonds. The van der Waals surface area contributed by atoms with Crippen LogP contribution in [0.25, 0.3) is 0 Å². The van der Waals surface area contributed by atoms with Crippen LogP contribution in [0, 0.1) is 0 Å². The van der Waals surface area contributed by atoms with E-state index in [1.165, 1.54) is 0 Å². The Labute approximate surface area is 108 Å². The van der Waals surface area contributed by atoms with Crippen molar-refractivity contribution in [1.29, 1.82) is 0 Å². The van der Waals surface area contributed by atoms with Gasteiger partial charge in [-0.15, -0.1) is 0 Å². The minimum absolute atomic E-state index is 0.277. The van der Waals surface area contributed by atoms with Crippen LogP contribution in [-0.2, 0) is 4.79 Å². The van der Waals surface area contributed by atoms with Gasteiger partial charge in [-0.2, -0.15) is 0 Å².